The normalized spacial score (nSPS) is 11.2. The Hall–Kier alpha value is -1.76. The monoisotopic (exact) mass is 417 g/mol. The van der Waals surface area contributed by atoms with E-state index in [2.05, 4.69) is 89.9 Å². The summed E-state index contributed by atoms with van der Waals surface area (Å²) in [5.74, 6) is 0. The fourth-order valence-electron chi connectivity index (χ4n) is 2.01. The van der Waals surface area contributed by atoms with Crippen LogP contribution in [0.15, 0.2) is 54.6 Å². The molecule has 0 heterocycles. The standard InChI is InChI=1S/C16H25N.C7H12.3C2H6/c1-7-12(2)17-13(3)14-8-10-15(11-9-14)16(4,5)6;1-4-6-7(3)5-2;3*1-2/h8-12,17H,3,7H2,1-2,4-6H3;4-6H,1-3H3;3*1-2H3/b;6-4-,7-5-;;;. The molecule has 0 amide bonds. The smallest absolute Gasteiger partial charge is 0.0342 e. The van der Waals surface area contributed by atoms with Gasteiger partial charge in [-0.15, -0.1) is 0 Å². The van der Waals surface area contributed by atoms with Crippen LogP contribution in [0.25, 0.3) is 5.70 Å². The minimum atomic E-state index is 0.212. The first-order valence-corrected chi connectivity index (χ1v) is 12.0. The lowest BCUT2D eigenvalue weighted by Gasteiger charge is -2.20. The van der Waals surface area contributed by atoms with Gasteiger partial charge in [0.05, 0.1) is 0 Å². The van der Waals surface area contributed by atoms with Crippen molar-refractivity contribution in [1.29, 1.82) is 0 Å². The van der Waals surface area contributed by atoms with E-state index in [0.29, 0.717) is 6.04 Å². The summed E-state index contributed by atoms with van der Waals surface area (Å²) in [4.78, 5) is 0. The van der Waals surface area contributed by atoms with E-state index >= 15 is 0 Å². The van der Waals surface area contributed by atoms with E-state index in [1.165, 1.54) is 16.7 Å². The quantitative estimate of drug-likeness (QED) is 0.470. The zero-order chi connectivity index (χ0) is 24.8. The van der Waals surface area contributed by atoms with Gasteiger partial charge in [-0.1, -0.05) is 124 Å². The van der Waals surface area contributed by atoms with Crippen molar-refractivity contribution in [3.05, 3.63) is 65.8 Å². The molecule has 0 aliphatic rings. The van der Waals surface area contributed by atoms with E-state index in [9.17, 15) is 0 Å². The first kappa shape index (κ1) is 35.7. The third-order valence-electron chi connectivity index (χ3n) is 4.02. The van der Waals surface area contributed by atoms with E-state index < -0.39 is 0 Å². The van der Waals surface area contributed by atoms with Crippen molar-refractivity contribution in [2.75, 3.05) is 0 Å². The molecule has 0 fully saturated rings. The van der Waals surface area contributed by atoms with Crippen LogP contribution in [-0.4, -0.2) is 6.04 Å². The van der Waals surface area contributed by atoms with Gasteiger partial charge in [0.15, 0.2) is 0 Å². The van der Waals surface area contributed by atoms with Crippen LogP contribution in [0.5, 0.6) is 0 Å². The second kappa shape index (κ2) is 23.5. The van der Waals surface area contributed by atoms with Crippen LogP contribution in [0.4, 0.5) is 0 Å². The number of rotatable bonds is 5. The molecule has 0 radical (unpaired) electrons. The first-order chi connectivity index (χ1) is 14.1. The highest BCUT2D eigenvalue weighted by molar-refractivity contribution is 5.62. The molecule has 0 saturated heterocycles. The molecule has 0 aliphatic heterocycles. The summed E-state index contributed by atoms with van der Waals surface area (Å²) in [5.41, 5.74) is 5.09. The van der Waals surface area contributed by atoms with Gasteiger partial charge in [0.1, 0.15) is 0 Å². The lowest BCUT2D eigenvalue weighted by Crippen LogP contribution is -2.23. The lowest BCUT2D eigenvalue weighted by atomic mass is 9.86. The van der Waals surface area contributed by atoms with Crippen LogP contribution < -0.4 is 5.32 Å². The van der Waals surface area contributed by atoms with Crippen molar-refractivity contribution >= 4 is 5.70 Å². The van der Waals surface area contributed by atoms with Crippen LogP contribution >= 0.6 is 0 Å². The molecule has 1 N–H and O–H groups in total. The molecule has 0 bridgehead atoms. The average Bonchev–Trinajstić information content (AvgIpc) is 2.77. The van der Waals surface area contributed by atoms with Gasteiger partial charge in [0.2, 0.25) is 0 Å². The van der Waals surface area contributed by atoms with E-state index in [4.69, 9.17) is 0 Å². The molecule has 30 heavy (non-hydrogen) atoms. The number of hydrogen-bond acceptors (Lipinski definition) is 1. The maximum atomic E-state index is 4.09. The van der Waals surface area contributed by atoms with Crippen molar-refractivity contribution in [3.8, 4) is 0 Å². The molecule has 1 aromatic rings. The highest BCUT2D eigenvalue weighted by atomic mass is 14.9. The van der Waals surface area contributed by atoms with Gasteiger partial charge in [0, 0.05) is 11.7 Å². The molecule has 176 valence electrons. The summed E-state index contributed by atoms with van der Waals surface area (Å²) < 4.78 is 0. The van der Waals surface area contributed by atoms with Gasteiger partial charge in [-0.3, -0.25) is 0 Å². The van der Waals surface area contributed by atoms with E-state index in [0.717, 1.165) is 12.1 Å². The van der Waals surface area contributed by atoms with Crippen LogP contribution in [-0.2, 0) is 5.41 Å². The number of hydrogen-bond donors (Lipinski definition) is 1. The van der Waals surface area contributed by atoms with Crippen molar-refractivity contribution < 1.29 is 0 Å². The summed E-state index contributed by atoms with van der Waals surface area (Å²) in [6, 6.07) is 9.17. The molecule has 1 nitrogen and oxygen atoms in total. The van der Waals surface area contributed by atoms with Crippen molar-refractivity contribution in [2.24, 2.45) is 0 Å². The van der Waals surface area contributed by atoms with Crippen LogP contribution in [0, 0.1) is 0 Å². The highest BCUT2D eigenvalue weighted by Gasteiger charge is 2.13. The topological polar surface area (TPSA) is 12.0 Å². The van der Waals surface area contributed by atoms with Gasteiger partial charge in [-0.05, 0) is 50.7 Å². The molecule has 0 aromatic heterocycles. The Bertz CT molecular complexity index is 539. The minimum Gasteiger partial charge on any atom is -0.383 e. The maximum absolute atomic E-state index is 4.09. The molecule has 0 saturated carbocycles. The SMILES string of the molecule is C/C=C\C(C)=C/C.C=C(NC(C)CC)c1ccc(C(C)(C)C)cc1.CC.CC.CC. The largest absolute Gasteiger partial charge is 0.383 e. The zero-order valence-electron chi connectivity index (χ0n) is 23.0. The summed E-state index contributed by atoms with van der Waals surface area (Å²) in [6.45, 7) is 33.3. The summed E-state index contributed by atoms with van der Waals surface area (Å²) in [5, 5.41) is 3.41. The Kier molecular flexibility index (Phi) is 28.0. The third kappa shape index (κ3) is 19.6. The lowest BCUT2D eigenvalue weighted by molar-refractivity contribution is 0.590. The molecule has 1 atom stereocenters. The molecular weight excluding hydrogens is 362 g/mol. The van der Waals surface area contributed by atoms with Gasteiger partial charge < -0.3 is 5.32 Å². The Morgan fingerprint density at radius 3 is 1.67 bits per heavy atom. The molecule has 1 unspecified atom stereocenters. The number of benzene rings is 1. The van der Waals surface area contributed by atoms with E-state index in [-0.39, 0.29) is 5.41 Å². The zero-order valence-corrected chi connectivity index (χ0v) is 23.0. The molecular formula is C29H55N. The predicted octanol–water partition coefficient (Wildman–Crippen LogP) is 9.95. The van der Waals surface area contributed by atoms with Crippen LogP contribution in [0.3, 0.4) is 0 Å². The fraction of sp³-hybridized carbons (Fsp3) is 0.586. The Labute approximate surface area is 191 Å². The number of allylic oxidation sites excluding steroid dienone is 4. The van der Waals surface area contributed by atoms with E-state index in [1.807, 2.05) is 61.5 Å². The van der Waals surface area contributed by atoms with Crippen LogP contribution in [0.2, 0.25) is 0 Å². The van der Waals surface area contributed by atoms with Gasteiger partial charge in [-0.2, -0.15) is 0 Å². The third-order valence-corrected chi connectivity index (χ3v) is 4.02. The van der Waals surface area contributed by atoms with Crippen molar-refractivity contribution in [3.63, 3.8) is 0 Å². The van der Waals surface area contributed by atoms with Crippen molar-refractivity contribution in [1.82, 2.24) is 5.32 Å². The van der Waals surface area contributed by atoms with Crippen LogP contribution in [0.1, 0.15) is 114 Å². The Morgan fingerprint density at radius 2 is 1.40 bits per heavy atom. The van der Waals surface area contributed by atoms with Gasteiger partial charge in [0.25, 0.3) is 0 Å². The first-order valence-electron chi connectivity index (χ1n) is 12.0. The molecule has 1 heteroatoms. The summed E-state index contributed by atoms with van der Waals surface area (Å²) in [6.07, 6.45) is 7.31. The molecule has 0 aliphatic carbocycles. The minimum absolute atomic E-state index is 0.212. The predicted molar refractivity (Wildman–Crippen MR) is 145 cm³/mol. The number of nitrogens with one attached hydrogen (secondary N) is 1. The molecule has 1 aromatic carbocycles. The van der Waals surface area contributed by atoms with Gasteiger partial charge >= 0.3 is 0 Å². The second-order valence-corrected chi connectivity index (χ2v) is 7.29. The maximum Gasteiger partial charge on any atom is 0.0342 e. The average molecular weight is 418 g/mol. The van der Waals surface area contributed by atoms with E-state index in [1.54, 1.807) is 0 Å². The Balaban J connectivity index is -0.000000218. The fourth-order valence-corrected chi connectivity index (χ4v) is 2.01. The molecule has 1 rings (SSSR count). The van der Waals surface area contributed by atoms with Gasteiger partial charge in [-0.25, -0.2) is 0 Å². The summed E-state index contributed by atoms with van der Waals surface area (Å²) in [7, 11) is 0. The highest BCUT2D eigenvalue weighted by Crippen LogP contribution is 2.23. The van der Waals surface area contributed by atoms with Crippen molar-refractivity contribution in [2.45, 2.75) is 115 Å². The molecule has 0 spiro atoms. The Morgan fingerprint density at radius 1 is 0.967 bits per heavy atom. The second-order valence-electron chi connectivity index (χ2n) is 7.29. The summed E-state index contributed by atoms with van der Waals surface area (Å²) >= 11 is 0.